The second-order valence-corrected chi connectivity index (χ2v) is 4.50. The van der Waals surface area contributed by atoms with Crippen molar-refractivity contribution >= 4 is 0 Å². The molecule has 0 aromatic heterocycles. The van der Waals surface area contributed by atoms with Crippen LogP contribution in [0.5, 0.6) is 0 Å². The van der Waals surface area contributed by atoms with E-state index in [2.05, 4.69) is 19.1 Å². The van der Waals surface area contributed by atoms with Gasteiger partial charge in [-0.2, -0.15) is 0 Å². The molecule has 4 nitrogen and oxygen atoms in total. The Morgan fingerprint density at radius 2 is 1.79 bits per heavy atom. The molecule has 19 heavy (non-hydrogen) atoms. The summed E-state index contributed by atoms with van der Waals surface area (Å²) in [5.74, 6) is 0. The second kappa shape index (κ2) is 9.92. The van der Waals surface area contributed by atoms with Gasteiger partial charge in [-0.3, -0.25) is 0 Å². The molecule has 0 radical (unpaired) electrons. The molecule has 0 heterocycles. The van der Waals surface area contributed by atoms with E-state index < -0.39 is 0 Å². The van der Waals surface area contributed by atoms with Gasteiger partial charge in [0.2, 0.25) is 0 Å². The summed E-state index contributed by atoms with van der Waals surface area (Å²) in [5.41, 5.74) is 8.46. The first kappa shape index (κ1) is 16.1. The van der Waals surface area contributed by atoms with Gasteiger partial charge < -0.3 is 19.9 Å². The van der Waals surface area contributed by atoms with Crippen LogP contribution in [0.25, 0.3) is 0 Å². The first-order valence-corrected chi connectivity index (χ1v) is 6.71. The minimum atomic E-state index is -0.0596. The van der Waals surface area contributed by atoms with Crippen molar-refractivity contribution in [3.8, 4) is 0 Å². The zero-order valence-corrected chi connectivity index (χ0v) is 11.9. The van der Waals surface area contributed by atoms with Crippen LogP contribution in [0.4, 0.5) is 0 Å². The number of methoxy groups -OCH3 is 1. The Bertz CT molecular complexity index is 344. The fourth-order valence-corrected chi connectivity index (χ4v) is 1.81. The Balaban J connectivity index is 2.08. The van der Waals surface area contributed by atoms with Crippen molar-refractivity contribution in [2.45, 2.75) is 19.4 Å². The summed E-state index contributed by atoms with van der Waals surface area (Å²) < 4.78 is 15.8. The summed E-state index contributed by atoms with van der Waals surface area (Å²) >= 11 is 0. The highest BCUT2D eigenvalue weighted by molar-refractivity contribution is 5.28. The van der Waals surface area contributed by atoms with E-state index in [-0.39, 0.29) is 6.04 Å². The lowest BCUT2D eigenvalue weighted by Gasteiger charge is -2.15. The summed E-state index contributed by atoms with van der Waals surface area (Å²) in [6.45, 7) is 5.26. The van der Waals surface area contributed by atoms with Gasteiger partial charge in [0, 0.05) is 20.3 Å². The Kier molecular flexibility index (Phi) is 8.41. The predicted molar refractivity (Wildman–Crippen MR) is 76.2 cm³/mol. The van der Waals surface area contributed by atoms with Gasteiger partial charge in [0.1, 0.15) is 0 Å². The molecule has 1 aromatic carbocycles. The van der Waals surface area contributed by atoms with Gasteiger partial charge in [-0.15, -0.1) is 0 Å². The van der Waals surface area contributed by atoms with Gasteiger partial charge in [-0.05, 0) is 24.5 Å². The smallest absolute Gasteiger partial charge is 0.0700 e. The third-order valence-corrected chi connectivity index (χ3v) is 2.89. The van der Waals surface area contributed by atoms with Crippen molar-refractivity contribution in [2.75, 3.05) is 40.1 Å². The molecule has 0 aliphatic heterocycles. The molecule has 0 fully saturated rings. The number of aryl methyl sites for hydroxylation is 1. The van der Waals surface area contributed by atoms with Gasteiger partial charge >= 0.3 is 0 Å². The zero-order chi connectivity index (χ0) is 13.9. The molecule has 2 N–H and O–H groups in total. The molecule has 108 valence electrons. The number of rotatable bonds is 10. The number of nitrogens with two attached hydrogens (primary N) is 1. The number of hydrogen-bond donors (Lipinski definition) is 1. The average molecular weight is 267 g/mol. The molecule has 1 rings (SSSR count). The van der Waals surface area contributed by atoms with Crippen LogP contribution in [0.15, 0.2) is 24.3 Å². The lowest BCUT2D eigenvalue weighted by molar-refractivity contribution is 0.0491. The standard InChI is InChI=1S/C15H25NO3/c1-13-6-3-4-7-14(13)15(16)12-19-9-5-8-18-11-10-17-2/h3-4,6-7,15H,5,8-12,16H2,1-2H3. The molecule has 4 heteroatoms. The van der Waals surface area contributed by atoms with Crippen molar-refractivity contribution in [1.29, 1.82) is 0 Å². The van der Waals surface area contributed by atoms with Crippen LogP contribution in [0, 0.1) is 6.92 Å². The first-order chi connectivity index (χ1) is 9.25. The van der Waals surface area contributed by atoms with Crippen LogP contribution in [0.2, 0.25) is 0 Å². The van der Waals surface area contributed by atoms with E-state index in [1.165, 1.54) is 5.56 Å². The van der Waals surface area contributed by atoms with E-state index in [0.29, 0.717) is 33.0 Å². The number of hydrogen-bond acceptors (Lipinski definition) is 4. The summed E-state index contributed by atoms with van der Waals surface area (Å²) in [6.07, 6.45) is 0.879. The third-order valence-electron chi connectivity index (χ3n) is 2.89. The topological polar surface area (TPSA) is 53.7 Å². The summed E-state index contributed by atoms with van der Waals surface area (Å²) in [4.78, 5) is 0. The van der Waals surface area contributed by atoms with Crippen molar-refractivity contribution in [3.63, 3.8) is 0 Å². The van der Waals surface area contributed by atoms with Crippen LogP contribution >= 0.6 is 0 Å². The van der Waals surface area contributed by atoms with E-state index in [4.69, 9.17) is 19.9 Å². The van der Waals surface area contributed by atoms with E-state index in [1.807, 2.05) is 12.1 Å². The molecule has 0 spiro atoms. The molecule has 1 aromatic rings. The number of ether oxygens (including phenoxy) is 3. The normalized spacial score (nSPS) is 12.6. The molecule has 0 saturated heterocycles. The summed E-state index contributed by atoms with van der Waals surface area (Å²) in [5, 5.41) is 0. The third kappa shape index (κ3) is 6.68. The van der Waals surface area contributed by atoms with Crippen molar-refractivity contribution in [2.24, 2.45) is 5.73 Å². The maximum atomic E-state index is 6.10. The van der Waals surface area contributed by atoms with Gasteiger partial charge in [0.15, 0.2) is 0 Å². The highest BCUT2D eigenvalue weighted by Gasteiger charge is 2.07. The molecular weight excluding hydrogens is 242 g/mol. The van der Waals surface area contributed by atoms with Crippen LogP contribution in [0.1, 0.15) is 23.6 Å². The van der Waals surface area contributed by atoms with E-state index >= 15 is 0 Å². The fraction of sp³-hybridized carbons (Fsp3) is 0.600. The first-order valence-electron chi connectivity index (χ1n) is 6.71. The largest absolute Gasteiger partial charge is 0.382 e. The fourth-order valence-electron chi connectivity index (χ4n) is 1.81. The van der Waals surface area contributed by atoms with Crippen molar-refractivity contribution < 1.29 is 14.2 Å². The Labute approximate surface area is 115 Å². The predicted octanol–water partition coefficient (Wildman–Crippen LogP) is 2.06. The molecule has 0 saturated carbocycles. The van der Waals surface area contributed by atoms with Crippen molar-refractivity contribution in [1.82, 2.24) is 0 Å². The van der Waals surface area contributed by atoms with E-state index in [0.717, 1.165) is 12.0 Å². The summed E-state index contributed by atoms with van der Waals surface area (Å²) in [6, 6.07) is 8.08. The molecule has 1 atom stereocenters. The zero-order valence-electron chi connectivity index (χ0n) is 11.9. The molecular formula is C15H25NO3. The highest BCUT2D eigenvalue weighted by atomic mass is 16.5. The van der Waals surface area contributed by atoms with Crippen LogP contribution in [-0.2, 0) is 14.2 Å². The molecule has 0 bridgehead atoms. The second-order valence-electron chi connectivity index (χ2n) is 4.50. The van der Waals surface area contributed by atoms with Gasteiger partial charge in [-0.1, -0.05) is 24.3 Å². The Morgan fingerprint density at radius 3 is 2.53 bits per heavy atom. The van der Waals surface area contributed by atoms with E-state index in [9.17, 15) is 0 Å². The lowest BCUT2D eigenvalue weighted by atomic mass is 10.0. The van der Waals surface area contributed by atoms with Crippen LogP contribution in [-0.4, -0.2) is 40.1 Å². The van der Waals surface area contributed by atoms with Gasteiger partial charge in [0.05, 0.1) is 25.9 Å². The average Bonchev–Trinajstić information content (AvgIpc) is 2.42. The lowest BCUT2D eigenvalue weighted by Crippen LogP contribution is -2.19. The van der Waals surface area contributed by atoms with Gasteiger partial charge in [-0.25, -0.2) is 0 Å². The van der Waals surface area contributed by atoms with E-state index in [1.54, 1.807) is 7.11 Å². The number of benzene rings is 1. The quantitative estimate of drug-likeness (QED) is 0.659. The molecule has 0 amide bonds. The Morgan fingerprint density at radius 1 is 1.05 bits per heavy atom. The molecule has 0 aliphatic rings. The minimum Gasteiger partial charge on any atom is -0.382 e. The minimum absolute atomic E-state index is 0.0596. The Hall–Kier alpha value is -0.940. The van der Waals surface area contributed by atoms with Crippen LogP contribution < -0.4 is 5.73 Å². The highest BCUT2D eigenvalue weighted by Crippen LogP contribution is 2.15. The monoisotopic (exact) mass is 267 g/mol. The maximum absolute atomic E-state index is 6.10. The van der Waals surface area contributed by atoms with Crippen molar-refractivity contribution in [3.05, 3.63) is 35.4 Å². The molecule has 0 aliphatic carbocycles. The SMILES string of the molecule is COCCOCCCOCC(N)c1ccccc1C. The summed E-state index contributed by atoms with van der Waals surface area (Å²) in [7, 11) is 1.67. The van der Waals surface area contributed by atoms with Crippen LogP contribution in [0.3, 0.4) is 0 Å². The maximum Gasteiger partial charge on any atom is 0.0700 e. The molecule has 1 unspecified atom stereocenters. The van der Waals surface area contributed by atoms with Gasteiger partial charge in [0.25, 0.3) is 0 Å².